The Kier molecular flexibility index (Phi) is 3.76. The van der Waals surface area contributed by atoms with Gasteiger partial charge in [0.15, 0.2) is 5.17 Å². The number of aryl methyl sites for hydroxylation is 1. The zero-order valence-electron chi connectivity index (χ0n) is 7.09. The maximum atomic E-state index is 13.0. The second-order valence-corrected chi connectivity index (χ2v) is 3.69. The Balaban J connectivity index is 2.45. The second kappa shape index (κ2) is 4.87. The molecule has 0 aliphatic carbocycles. The van der Waals surface area contributed by atoms with Crippen LogP contribution in [0.4, 0.5) is 4.39 Å². The second-order valence-electron chi connectivity index (χ2n) is 2.55. The van der Waals surface area contributed by atoms with E-state index in [-0.39, 0.29) is 11.0 Å². The van der Waals surface area contributed by atoms with Gasteiger partial charge in [-0.05, 0) is 18.1 Å². The highest BCUT2D eigenvalue weighted by atomic mass is 32.2. The molecular weight excluding hydrogens is 187 g/mol. The van der Waals surface area contributed by atoms with Gasteiger partial charge < -0.3 is 5.73 Å². The van der Waals surface area contributed by atoms with Crippen molar-refractivity contribution in [1.82, 2.24) is 0 Å². The van der Waals surface area contributed by atoms with E-state index in [0.29, 0.717) is 17.7 Å². The van der Waals surface area contributed by atoms with Gasteiger partial charge in [0.1, 0.15) is 5.82 Å². The fourth-order valence-corrected chi connectivity index (χ4v) is 1.51. The van der Waals surface area contributed by atoms with Crippen LogP contribution in [0.25, 0.3) is 0 Å². The fourth-order valence-electron chi connectivity index (χ4n) is 0.972. The van der Waals surface area contributed by atoms with E-state index in [2.05, 4.69) is 0 Å². The molecule has 0 bridgehead atoms. The molecule has 0 aromatic heterocycles. The molecule has 4 heteroatoms. The van der Waals surface area contributed by atoms with E-state index in [1.165, 1.54) is 17.8 Å². The molecule has 0 spiro atoms. The predicted octanol–water partition coefficient (Wildman–Crippen LogP) is 1.99. The SMILES string of the molecule is N=C(N)SCCc1ccccc1F. The Morgan fingerprint density at radius 2 is 2.15 bits per heavy atom. The van der Waals surface area contributed by atoms with Crippen molar-refractivity contribution in [3.63, 3.8) is 0 Å². The molecular formula is C9H11FN2S. The van der Waals surface area contributed by atoms with Crippen LogP contribution in [0.15, 0.2) is 24.3 Å². The molecule has 0 radical (unpaired) electrons. The number of benzene rings is 1. The summed E-state index contributed by atoms with van der Waals surface area (Å²) in [5.41, 5.74) is 5.82. The number of rotatable bonds is 3. The molecule has 2 nitrogen and oxygen atoms in total. The van der Waals surface area contributed by atoms with Crippen molar-refractivity contribution in [2.75, 3.05) is 5.75 Å². The molecule has 1 aromatic carbocycles. The minimum atomic E-state index is -0.188. The summed E-state index contributed by atoms with van der Waals surface area (Å²) < 4.78 is 13.0. The third-order valence-corrected chi connectivity index (χ3v) is 2.31. The Hall–Kier alpha value is -1.03. The first kappa shape index (κ1) is 10.1. The Morgan fingerprint density at radius 3 is 2.77 bits per heavy atom. The molecule has 0 atom stereocenters. The van der Waals surface area contributed by atoms with Crippen LogP contribution in [-0.4, -0.2) is 10.9 Å². The summed E-state index contributed by atoms with van der Waals surface area (Å²) in [7, 11) is 0. The van der Waals surface area contributed by atoms with Crippen molar-refractivity contribution in [2.45, 2.75) is 6.42 Å². The molecule has 70 valence electrons. The minimum Gasteiger partial charge on any atom is -0.379 e. The quantitative estimate of drug-likeness (QED) is 0.576. The first-order chi connectivity index (χ1) is 6.20. The van der Waals surface area contributed by atoms with Crippen LogP contribution in [0.3, 0.4) is 0 Å². The summed E-state index contributed by atoms with van der Waals surface area (Å²) in [5.74, 6) is 0.461. The van der Waals surface area contributed by atoms with Crippen LogP contribution < -0.4 is 5.73 Å². The van der Waals surface area contributed by atoms with Crippen molar-refractivity contribution < 1.29 is 4.39 Å². The zero-order chi connectivity index (χ0) is 9.68. The van der Waals surface area contributed by atoms with E-state index >= 15 is 0 Å². The lowest BCUT2D eigenvalue weighted by atomic mass is 10.2. The van der Waals surface area contributed by atoms with Crippen LogP contribution in [0.5, 0.6) is 0 Å². The highest BCUT2D eigenvalue weighted by molar-refractivity contribution is 8.13. The minimum absolute atomic E-state index is 0.0799. The summed E-state index contributed by atoms with van der Waals surface area (Å²) in [6.45, 7) is 0. The maximum absolute atomic E-state index is 13.0. The average Bonchev–Trinajstić information content (AvgIpc) is 2.08. The number of thioether (sulfide) groups is 1. The standard InChI is InChI=1S/C9H11FN2S/c10-8-4-2-1-3-7(8)5-6-13-9(11)12/h1-4H,5-6H2,(H3,11,12). The van der Waals surface area contributed by atoms with Crippen LogP contribution in [-0.2, 0) is 6.42 Å². The Bertz CT molecular complexity index is 301. The van der Waals surface area contributed by atoms with Crippen molar-refractivity contribution in [3.05, 3.63) is 35.6 Å². The van der Waals surface area contributed by atoms with Crippen LogP contribution in [0, 0.1) is 11.2 Å². The number of hydrogen-bond acceptors (Lipinski definition) is 2. The third kappa shape index (κ3) is 3.46. The van der Waals surface area contributed by atoms with E-state index in [9.17, 15) is 4.39 Å². The molecule has 0 heterocycles. The molecule has 0 saturated carbocycles. The van der Waals surface area contributed by atoms with E-state index in [1.807, 2.05) is 0 Å². The van der Waals surface area contributed by atoms with E-state index in [1.54, 1.807) is 18.2 Å². The Labute approximate surface area is 80.8 Å². The lowest BCUT2D eigenvalue weighted by Gasteiger charge is -2.01. The van der Waals surface area contributed by atoms with E-state index in [4.69, 9.17) is 11.1 Å². The first-order valence-electron chi connectivity index (χ1n) is 3.90. The largest absolute Gasteiger partial charge is 0.379 e. The molecule has 0 aliphatic rings. The smallest absolute Gasteiger partial charge is 0.151 e. The molecule has 1 aromatic rings. The first-order valence-corrected chi connectivity index (χ1v) is 4.89. The van der Waals surface area contributed by atoms with E-state index in [0.717, 1.165) is 0 Å². The molecule has 3 N–H and O–H groups in total. The van der Waals surface area contributed by atoms with Gasteiger partial charge in [-0.2, -0.15) is 0 Å². The van der Waals surface area contributed by atoms with Crippen molar-refractivity contribution in [2.24, 2.45) is 5.73 Å². The number of halogens is 1. The molecule has 0 amide bonds. The topological polar surface area (TPSA) is 49.9 Å². The maximum Gasteiger partial charge on any atom is 0.151 e. The lowest BCUT2D eigenvalue weighted by molar-refractivity contribution is 0.613. The van der Waals surface area contributed by atoms with Gasteiger partial charge in [-0.3, -0.25) is 5.41 Å². The monoisotopic (exact) mass is 198 g/mol. The molecule has 0 aliphatic heterocycles. The molecule has 0 unspecified atom stereocenters. The zero-order valence-corrected chi connectivity index (χ0v) is 7.90. The summed E-state index contributed by atoms with van der Waals surface area (Å²) >= 11 is 1.23. The van der Waals surface area contributed by atoms with Gasteiger partial charge in [-0.1, -0.05) is 30.0 Å². The number of amidine groups is 1. The molecule has 0 fully saturated rings. The Morgan fingerprint density at radius 1 is 1.46 bits per heavy atom. The van der Waals surface area contributed by atoms with Gasteiger partial charge in [0.2, 0.25) is 0 Å². The molecule has 13 heavy (non-hydrogen) atoms. The fraction of sp³-hybridized carbons (Fsp3) is 0.222. The number of hydrogen-bond donors (Lipinski definition) is 2. The highest BCUT2D eigenvalue weighted by Gasteiger charge is 2.00. The molecule has 0 saturated heterocycles. The van der Waals surface area contributed by atoms with Crippen LogP contribution in [0.2, 0.25) is 0 Å². The lowest BCUT2D eigenvalue weighted by Crippen LogP contribution is -2.05. The summed E-state index contributed by atoms with van der Waals surface area (Å²) in [6, 6.07) is 6.65. The summed E-state index contributed by atoms with van der Waals surface area (Å²) in [4.78, 5) is 0. The predicted molar refractivity (Wildman–Crippen MR) is 54.5 cm³/mol. The van der Waals surface area contributed by atoms with Crippen molar-refractivity contribution >= 4 is 16.9 Å². The molecule has 1 rings (SSSR count). The van der Waals surface area contributed by atoms with E-state index < -0.39 is 0 Å². The summed E-state index contributed by atoms with van der Waals surface area (Å²) in [5, 5.41) is 7.04. The normalized spacial score (nSPS) is 9.92. The van der Waals surface area contributed by atoms with Gasteiger partial charge in [0, 0.05) is 5.75 Å². The van der Waals surface area contributed by atoms with Crippen LogP contribution >= 0.6 is 11.8 Å². The van der Waals surface area contributed by atoms with Crippen molar-refractivity contribution in [3.8, 4) is 0 Å². The highest BCUT2D eigenvalue weighted by Crippen LogP contribution is 2.10. The van der Waals surface area contributed by atoms with Gasteiger partial charge in [0.05, 0.1) is 0 Å². The van der Waals surface area contributed by atoms with Crippen LogP contribution in [0.1, 0.15) is 5.56 Å². The number of nitrogens with one attached hydrogen (secondary N) is 1. The number of nitrogens with two attached hydrogens (primary N) is 1. The van der Waals surface area contributed by atoms with Gasteiger partial charge in [0.25, 0.3) is 0 Å². The van der Waals surface area contributed by atoms with Gasteiger partial charge in [-0.15, -0.1) is 0 Å². The van der Waals surface area contributed by atoms with Crippen molar-refractivity contribution in [1.29, 1.82) is 5.41 Å². The third-order valence-electron chi connectivity index (χ3n) is 1.59. The van der Waals surface area contributed by atoms with Gasteiger partial charge >= 0.3 is 0 Å². The summed E-state index contributed by atoms with van der Waals surface area (Å²) in [6.07, 6.45) is 0.608. The average molecular weight is 198 g/mol. The van der Waals surface area contributed by atoms with Gasteiger partial charge in [-0.25, -0.2) is 4.39 Å².